The first-order valence-electron chi connectivity index (χ1n) is 9.02. The fraction of sp³-hybridized carbons (Fsp3) is 0.882. The molecule has 2 saturated carbocycles. The van der Waals surface area contributed by atoms with Crippen LogP contribution >= 0.6 is 0 Å². The maximum atomic E-state index is 12.1. The fourth-order valence-corrected chi connectivity index (χ4v) is 3.56. The van der Waals surface area contributed by atoms with Gasteiger partial charge in [0.05, 0.1) is 6.04 Å². The van der Waals surface area contributed by atoms with Gasteiger partial charge in [-0.3, -0.25) is 10.1 Å². The number of hydrogen-bond acceptors (Lipinski definition) is 3. The summed E-state index contributed by atoms with van der Waals surface area (Å²) in [5.74, 6) is -0.224. The molecule has 0 aliphatic heterocycles. The maximum absolute atomic E-state index is 12.1. The van der Waals surface area contributed by atoms with Gasteiger partial charge in [0.2, 0.25) is 5.91 Å². The molecule has 0 unspecified atom stereocenters. The van der Waals surface area contributed by atoms with Crippen LogP contribution in [-0.2, 0) is 4.79 Å². The average molecular weight is 309 g/mol. The molecular formula is C17H31N3O2. The Bertz CT molecular complexity index is 359. The molecule has 0 aromatic carbocycles. The molecule has 0 aromatic rings. The highest BCUT2D eigenvalue weighted by Crippen LogP contribution is 2.18. The van der Waals surface area contributed by atoms with Crippen molar-refractivity contribution in [3.8, 4) is 0 Å². The largest absolute Gasteiger partial charge is 0.335 e. The molecule has 0 bridgehead atoms. The molecule has 22 heavy (non-hydrogen) atoms. The summed E-state index contributed by atoms with van der Waals surface area (Å²) in [5, 5.41) is 8.75. The number of amides is 3. The van der Waals surface area contributed by atoms with Crippen LogP contribution in [0.3, 0.4) is 0 Å². The van der Waals surface area contributed by atoms with Crippen LogP contribution in [0.15, 0.2) is 0 Å². The second kappa shape index (κ2) is 9.13. The van der Waals surface area contributed by atoms with E-state index in [1.807, 2.05) is 6.92 Å². The molecule has 3 amide bonds. The molecule has 0 spiro atoms. The summed E-state index contributed by atoms with van der Waals surface area (Å²) in [7, 11) is 0. The van der Waals surface area contributed by atoms with E-state index in [-0.39, 0.29) is 24.0 Å². The van der Waals surface area contributed by atoms with Crippen LogP contribution in [0, 0.1) is 0 Å². The number of rotatable bonds is 4. The molecule has 0 heterocycles. The first kappa shape index (κ1) is 17.3. The summed E-state index contributed by atoms with van der Waals surface area (Å²) in [5.41, 5.74) is 0. The van der Waals surface area contributed by atoms with Crippen LogP contribution in [-0.4, -0.2) is 30.1 Å². The standard InChI is InChI=1S/C17H31N3O2/c1-13(18-14-9-5-3-2-4-6-10-14)16(21)20-17(22)19-15-11-7-8-12-15/h13-15,18H,2-12H2,1H3,(H2,19,20,21,22)/t13-/m0/s1. The van der Waals surface area contributed by atoms with Crippen LogP contribution < -0.4 is 16.0 Å². The molecule has 2 aliphatic carbocycles. The summed E-state index contributed by atoms with van der Waals surface area (Å²) < 4.78 is 0. The van der Waals surface area contributed by atoms with Crippen LogP contribution in [0.5, 0.6) is 0 Å². The Morgan fingerprint density at radius 1 is 0.818 bits per heavy atom. The van der Waals surface area contributed by atoms with E-state index in [0.29, 0.717) is 6.04 Å². The van der Waals surface area contributed by atoms with E-state index in [0.717, 1.165) is 25.7 Å². The van der Waals surface area contributed by atoms with E-state index in [9.17, 15) is 9.59 Å². The third-order valence-corrected chi connectivity index (χ3v) is 4.91. The molecule has 5 heteroatoms. The predicted octanol–water partition coefficient (Wildman–Crippen LogP) is 2.85. The smallest absolute Gasteiger partial charge is 0.321 e. The van der Waals surface area contributed by atoms with Gasteiger partial charge in [-0.1, -0.05) is 44.9 Å². The molecular weight excluding hydrogens is 278 g/mol. The summed E-state index contributed by atoms with van der Waals surface area (Å²) in [6.07, 6.45) is 13.0. The van der Waals surface area contributed by atoms with Gasteiger partial charge in [-0.2, -0.15) is 0 Å². The van der Waals surface area contributed by atoms with Crippen molar-refractivity contribution in [2.45, 2.75) is 95.7 Å². The SMILES string of the molecule is C[C@H](NC1CCCCCCC1)C(=O)NC(=O)NC1CCCC1. The van der Waals surface area contributed by atoms with E-state index in [1.54, 1.807) is 0 Å². The number of hydrogen-bond donors (Lipinski definition) is 3. The second-order valence-corrected chi connectivity index (χ2v) is 6.87. The van der Waals surface area contributed by atoms with Gasteiger partial charge in [-0.15, -0.1) is 0 Å². The van der Waals surface area contributed by atoms with Gasteiger partial charge in [0.15, 0.2) is 0 Å². The predicted molar refractivity (Wildman–Crippen MR) is 87.6 cm³/mol. The average Bonchev–Trinajstić information content (AvgIpc) is 2.94. The third kappa shape index (κ3) is 5.95. The minimum Gasteiger partial charge on any atom is -0.335 e. The van der Waals surface area contributed by atoms with E-state index in [4.69, 9.17) is 0 Å². The molecule has 2 rings (SSSR count). The van der Waals surface area contributed by atoms with Gasteiger partial charge in [0.25, 0.3) is 0 Å². The Labute approximate surface area is 134 Å². The Morgan fingerprint density at radius 2 is 1.32 bits per heavy atom. The summed E-state index contributed by atoms with van der Waals surface area (Å²) in [6.45, 7) is 1.84. The maximum Gasteiger partial charge on any atom is 0.321 e. The van der Waals surface area contributed by atoms with Crippen LogP contribution in [0.2, 0.25) is 0 Å². The number of urea groups is 1. The molecule has 5 nitrogen and oxygen atoms in total. The lowest BCUT2D eigenvalue weighted by Gasteiger charge is -2.24. The molecule has 2 fully saturated rings. The highest BCUT2D eigenvalue weighted by molar-refractivity contribution is 5.96. The first-order valence-corrected chi connectivity index (χ1v) is 9.02. The second-order valence-electron chi connectivity index (χ2n) is 6.87. The summed E-state index contributed by atoms with van der Waals surface area (Å²) >= 11 is 0. The van der Waals surface area contributed by atoms with Gasteiger partial charge < -0.3 is 10.6 Å². The molecule has 0 radical (unpaired) electrons. The van der Waals surface area contributed by atoms with E-state index < -0.39 is 0 Å². The fourth-order valence-electron chi connectivity index (χ4n) is 3.56. The number of carbonyl (C=O) groups is 2. The summed E-state index contributed by atoms with van der Waals surface area (Å²) in [4.78, 5) is 24.0. The van der Waals surface area contributed by atoms with Gasteiger partial charge in [0.1, 0.15) is 0 Å². The van der Waals surface area contributed by atoms with E-state index >= 15 is 0 Å². The minimum absolute atomic E-state index is 0.224. The highest BCUT2D eigenvalue weighted by Gasteiger charge is 2.22. The van der Waals surface area contributed by atoms with Crippen molar-refractivity contribution in [2.75, 3.05) is 0 Å². The number of nitrogens with one attached hydrogen (secondary N) is 3. The van der Waals surface area contributed by atoms with Crippen molar-refractivity contribution >= 4 is 11.9 Å². The zero-order chi connectivity index (χ0) is 15.8. The van der Waals surface area contributed by atoms with Crippen LogP contribution in [0.1, 0.15) is 77.6 Å². The normalized spacial score (nSPS) is 22.6. The van der Waals surface area contributed by atoms with Crippen LogP contribution in [0.25, 0.3) is 0 Å². The zero-order valence-corrected chi connectivity index (χ0v) is 13.8. The van der Waals surface area contributed by atoms with E-state index in [1.165, 1.54) is 44.9 Å². The lowest BCUT2D eigenvalue weighted by atomic mass is 9.96. The van der Waals surface area contributed by atoms with Gasteiger partial charge in [-0.05, 0) is 32.6 Å². The lowest BCUT2D eigenvalue weighted by Crippen LogP contribution is -2.51. The van der Waals surface area contributed by atoms with Gasteiger partial charge in [0, 0.05) is 12.1 Å². The van der Waals surface area contributed by atoms with Crippen molar-refractivity contribution in [3.63, 3.8) is 0 Å². The first-order chi connectivity index (χ1) is 10.6. The molecule has 2 aliphatic rings. The van der Waals surface area contributed by atoms with Gasteiger partial charge in [-0.25, -0.2) is 4.79 Å². The minimum atomic E-state index is -0.344. The lowest BCUT2D eigenvalue weighted by molar-refractivity contribution is -0.121. The van der Waals surface area contributed by atoms with Crippen LogP contribution in [0.4, 0.5) is 4.79 Å². The highest BCUT2D eigenvalue weighted by atomic mass is 16.2. The molecule has 0 saturated heterocycles. The Balaban J connectivity index is 1.69. The Kier molecular flexibility index (Phi) is 7.16. The van der Waals surface area contributed by atoms with Crippen molar-refractivity contribution in [3.05, 3.63) is 0 Å². The topological polar surface area (TPSA) is 70.2 Å². The monoisotopic (exact) mass is 309 g/mol. The zero-order valence-electron chi connectivity index (χ0n) is 13.8. The molecule has 126 valence electrons. The van der Waals surface area contributed by atoms with Crippen molar-refractivity contribution < 1.29 is 9.59 Å². The number of imide groups is 1. The van der Waals surface area contributed by atoms with Crippen molar-refractivity contribution in [1.29, 1.82) is 0 Å². The third-order valence-electron chi connectivity index (χ3n) is 4.91. The van der Waals surface area contributed by atoms with E-state index in [2.05, 4.69) is 16.0 Å². The summed E-state index contributed by atoms with van der Waals surface area (Å²) in [6, 6.07) is -0.0254. The molecule has 1 atom stereocenters. The molecule has 3 N–H and O–H groups in total. The van der Waals surface area contributed by atoms with Crippen molar-refractivity contribution in [2.24, 2.45) is 0 Å². The molecule has 0 aromatic heterocycles. The van der Waals surface area contributed by atoms with Gasteiger partial charge >= 0.3 is 6.03 Å². The quantitative estimate of drug-likeness (QED) is 0.748. The van der Waals surface area contributed by atoms with Crippen molar-refractivity contribution in [1.82, 2.24) is 16.0 Å². The Hall–Kier alpha value is -1.10. The Morgan fingerprint density at radius 3 is 1.95 bits per heavy atom. The number of carbonyl (C=O) groups excluding carboxylic acids is 2.